The number of benzene rings is 1. The van der Waals surface area contributed by atoms with Crippen molar-refractivity contribution >= 4 is 21.6 Å². The highest BCUT2D eigenvalue weighted by molar-refractivity contribution is 9.10. The Morgan fingerprint density at radius 3 is 2.82 bits per heavy atom. The molecule has 2 N–H and O–H groups in total. The van der Waals surface area contributed by atoms with Crippen LogP contribution >= 0.6 is 15.9 Å². The van der Waals surface area contributed by atoms with Gasteiger partial charge in [0.2, 0.25) is 5.95 Å². The Labute approximate surface area is 106 Å². The summed E-state index contributed by atoms with van der Waals surface area (Å²) >= 11 is 3.33. The summed E-state index contributed by atoms with van der Waals surface area (Å²) in [7, 11) is 0. The van der Waals surface area contributed by atoms with Gasteiger partial charge in [-0.05, 0) is 30.3 Å². The molecular formula is C12H10BrFN2O. The Morgan fingerprint density at radius 1 is 1.29 bits per heavy atom. The summed E-state index contributed by atoms with van der Waals surface area (Å²) in [5, 5.41) is 12.7. The number of rotatable bonds is 3. The Morgan fingerprint density at radius 2 is 2.12 bits per heavy atom. The zero-order chi connectivity index (χ0) is 12.3. The number of phenolic OH excluding ortho intramolecular Hbond substituents is 1. The second-order valence-corrected chi connectivity index (χ2v) is 4.41. The van der Waals surface area contributed by atoms with Gasteiger partial charge in [-0.2, -0.15) is 4.39 Å². The molecule has 0 unspecified atom stereocenters. The van der Waals surface area contributed by atoms with E-state index in [-0.39, 0.29) is 5.75 Å². The first-order valence-electron chi connectivity index (χ1n) is 4.98. The fraction of sp³-hybridized carbons (Fsp3) is 0.0833. The Balaban J connectivity index is 2.07. The maximum Gasteiger partial charge on any atom is 0.212 e. The average molecular weight is 297 g/mol. The first-order valence-corrected chi connectivity index (χ1v) is 5.77. The number of nitrogens with one attached hydrogen (secondary N) is 1. The molecule has 0 aliphatic carbocycles. The monoisotopic (exact) mass is 296 g/mol. The molecule has 5 heteroatoms. The highest BCUT2D eigenvalue weighted by Gasteiger charge is 2.02. The van der Waals surface area contributed by atoms with E-state index >= 15 is 0 Å². The zero-order valence-electron chi connectivity index (χ0n) is 8.82. The van der Waals surface area contributed by atoms with Crippen molar-refractivity contribution in [3.63, 3.8) is 0 Å². The molecule has 0 aliphatic rings. The summed E-state index contributed by atoms with van der Waals surface area (Å²) in [5.74, 6) is -0.295. The van der Waals surface area contributed by atoms with Gasteiger partial charge in [-0.15, -0.1) is 0 Å². The molecular weight excluding hydrogens is 287 g/mol. The van der Waals surface area contributed by atoms with Gasteiger partial charge in [-0.3, -0.25) is 0 Å². The summed E-state index contributed by atoms with van der Waals surface area (Å²) in [6, 6.07) is 8.07. The van der Waals surface area contributed by atoms with Crippen molar-refractivity contribution in [3.8, 4) is 5.75 Å². The molecule has 0 atom stereocenters. The zero-order valence-corrected chi connectivity index (χ0v) is 10.4. The number of aromatic hydroxyl groups is 1. The second-order valence-electron chi connectivity index (χ2n) is 3.50. The van der Waals surface area contributed by atoms with Crippen LogP contribution < -0.4 is 5.32 Å². The summed E-state index contributed by atoms with van der Waals surface area (Å²) in [6.07, 6.45) is 1.41. The summed E-state index contributed by atoms with van der Waals surface area (Å²) in [6.45, 7) is 0.443. The number of hydrogen-bond donors (Lipinski definition) is 2. The lowest BCUT2D eigenvalue weighted by molar-refractivity contribution is 0.469. The molecule has 0 radical (unpaired) electrons. The lowest BCUT2D eigenvalue weighted by atomic mass is 10.2. The molecule has 1 aromatic carbocycles. The van der Waals surface area contributed by atoms with Crippen molar-refractivity contribution in [1.29, 1.82) is 0 Å². The fourth-order valence-electron chi connectivity index (χ4n) is 1.37. The first-order chi connectivity index (χ1) is 8.15. The second kappa shape index (κ2) is 5.14. The quantitative estimate of drug-likeness (QED) is 0.854. The Kier molecular flexibility index (Phi) is 3.58. The molecule has 0 amide bonds. The van der Waals surface area contributed by atoms with E-state index in [2.05, 4.69) is 26.2 Å². The van der Waals surface area contributed by atoms with Gasteiger partial charge in [0.15, 0.2) is 0 Å². The minimum absolute atomic E-state index is 0.218. The number of anilines is 1. The molecule has 2 aromatic rings. The molecule has 17 heavy (non-hydrogen) atoms. The van der Waals surface area contributed by atoms with Crippen LogP contribution in [0.4, 0.5) is 10.1 Å². The SMILES string of the molecule is Oc1ccc(Br)cc1CNc1ccc(F)nc1. The molecule has 2 rings (SSSR count). The van der Waals surface area contributed by atoms with Crippen LogP contribution in [-0.4, -0.2) is 10.1 Å². The third kappa shape index (κ3) is 3.17. The van der Waals surface area contributed by atoms with Crippen LogP contribution in [0.5, 0.6) is 5.75 Å². The number of hydrogen-bond acceptors (Lipinski definition) is 3. The molecule has 0 saturated carbocycles. The number of halogens is 2. The topological polar surface area (TPSA) is 45.1 Å². The number of nitrogens with zero attached hydrogens (tertiary/aromatic N) is 1. The largest absolute Gasteiger partial charge is 0.508 e. The van der Waals surface area contributed by atoms with E-state index in [4.69, 9.17) is 0 Å². The van der Waals surface area contributed by atoms with Crippen LogP contribution in [0, 0.1) is 5.95 Å². The van der Waals surface area contributed by atoms with E-state index in [9.17, 15) is 9.50 Å². The van der Waals surface area contributed by atoms with Crippen molar-refractivity contribution in [2.75, 3.05) is 5.32 Å². The molecule has 1 heterocycles. The molecule has 0 fully saturated rings. The van der Waals surface area contributed by atoms with Gasteiger partial charge in [-0.1, -0.05) is 15.9 Å². The molecule has 1 aromatic heterocycles. The fourth-order valence-corrected chi connectivity index (χ4v) is 1.78. The number of aromatic nitrogens is 1. The van der Waals surface area contributed by atoms with Gasteiger partial charge < -0.3 is 10.4 Å². The Hall–Kier alpha value is -1.62. The van der Waals surface area contributed by atoms with Crippen molar-refractivity contribution in [2.45, 2.75) is 6.54 Å². The molecule has 0 aliphatic heterocycles. The van der Waals surface area contributed by atoms with Crippen molar-refractivity contribution in [1.82, 2.24) is 4.98 Å². The predicted molar refractivity (Wildman–Crippen MR) is 67.3 cm³/mol. The van der Waals surface area contributed by atoms with Crippen LogP contribution in [-0.2, 0) is 6.54 Å². The van der Waals surface area contributed by atoms with Crippen molar-refractivity contribution in [3.05, 3.63) is 52.5 Å². The van der Waals surface area contributed by atoms with Gasteiger partial charge >= 0.3 is 0 Å². The molecule has 0 spiro atoms. The van der Waals surface area contributed by atoms with Crippen LogP contribution in [0.15, 0.2) is 41.0 Å². The minimum Gasteiger partial charge on any atom is -0.508 e. The third-order valence-electron chi connectivity index (χ3n) is 2.25. The third-order valence-corrected chi connectivity index (χ3v) is 2.75. The normalized spacial score (nSPS) is 10.2. The smallest absolute Gasteiger partial charge is 0.212 e. The molecule has 3 nitrogen and oxygen atoms in total. The van der Waals surface area contributed by atoms with Gasteiger partial charge in [0.1, 0.15) is 5.75 Å². The van der Waals surface area contributed by atoms with Gasteiger partial charge in [0.05, 0.1) is 11.9 Å². The van der Waals surface area contributed by atoms with E-state index in [1.54, 1.807) is 18.2 Å². The summed E-state index contributed by atoms with van der Waals surface area (Å²) in [5.41, 5.74) is 1.45. The van der Waals surface area contributed by atoms with E-state index in [0.717, 1.165) is 10.0 Å². The van der Waals surface area contributed by atoms with Crippen LogP contribution in [0.3, 0.4) is 0 Å². The maximum absolute atomic E-state index is 12.6. The average Bonchev–Trinajstić information content (AvgIpc) is 2.32. The van der Waals surface area contributed by atoms with E-state index < -0.39 is 5.95 Å². The van der Waals surface area contributed by atoms with Gasteiger partial charge in [0, 0.05) is 16.6 Å². The molecule has 0 saturated heterocycles. The molecule has 0 bridgehead atoms. The van der Waals surface area contributed by atoms with E-state index in [1.807, 2.05) is 6.07 Å². The lowest BCUT2D eigenvalue weighted by Gasteiger charge is -2.08. The van der Waals surface area contributed by atoms with Crippen LogP contribution in [0.1, 0.15) is 5.56 Å². The van der Waals surface area contributed by atoms with Crippen LogP contribution in [0.2, 0.25) is 0 Å². The maximum atomic E-state index is 12.6. The highest BCUT2D eigenvalue weighted by atomic mass is 79.9. The van der Waals surface area contributed by atoms with Crippen molar-refractivity contribution in [2.24, 2.45) is 0 Å². The number of pyridine rings is 1. The summed E-state index contributed by atoms with van der Waals surface area (Å²) in [4.78, 5) is 3.53. The van der Waals surface area contributed by atoms with Crippen LogP contribution in [0.25, 0.3) is 0 Å². The lowest BCUT2D eigenvalue weighted by Crippen LogP contribution is -2.00. The molecule has 88 valence electrons. The number of phenols is 1. The first kappa shape index (κ1) is 11.9. The predicted octanol–water partition coefficient (Wildman–Crippen LogP) is 3.30. The van der Waals surface area contributed by atoms with Gasteiger partial charge in [0.25, 0.3) is 0 Å². The minimum atomic E-state index is -0.513. The Bertz CT molecular complexity index is 516. The van der Waals surface area contributed by atoms with Gasteiger partial charge in [-0.25, -0.2) is 4.98 Å². The van der Waals surface area contributed by atoms with E-state index in [1.165, 1.54) is 12.3 Å². The highest BCUT2D eigenvalue weighted by Crippen LogP contribution is 2.22. The van der Waals surface area contributed by atoms with Crippen molar-refractivity contribution < 1.29 is 9.50 Å². The van der Waals surface area contributed by atoms with E-state index in [0.29, 0.717) is 12.2 Å². The standard InChI is InChI=1S/C12H10BrFN2O/c13-9-1-3-11(17)8(5-9)6-15-10-2-4-12(14)16-7-10/h1-5,7,15,17H,6H2. The summed E-state index contributed by atoms with van der Waals surface area (Å²) < 4.78 is 13.5.